The molecule has 35 heavy (non-hydrogen) atoms. The van der Waals surface area contributed by atoms with E-state index in [0.29, 0.717) is 0 Å². The Morgan fingerprint density at radius 3 is 2.66 bits per heavy atom. The summed E-state index contributed by atoms with van der Waals surface area (Å²) in [6.07, 6.45) is 4.96. The topological polar surface area (TPSA) is 64.2 Å². The molecule has 0 bridgehead atoms. The number of anilines is 1. The summed E-state index contributed by atoms with van der Waals surface area (Å²) in [5, 5.41) is 9.43. The van der Waals surface area contributed by atoms with E-state index in [1.807, 2.05) is 28.8 Å². The molecule has 1 fully saturated rings. The van der Waals surface area contributed by atoms with Gasteiger partial charge in [0.05, 0.1) is 30.3 Å². The smallest absolute Gasteiger partial charge is 0.155 e. The zero-order valence-electron chi connectivity index (χ0n) is 20.4. The first kappa shape index (κ1) is 22.0. The van der Waals surface area contributed by atoms with Crippen molar-refractivity contribution in [3.05, 3.63) is 77.4 Å². The molecule has 0 unspecified atom stereocenters. The highest BCUT2D eigenvalue weighted by Gasteiger charge is 2.27. The summed E-state index contributed by atoms with van der Waals surface area (Å²) in [5.41, 5.74) is 8.19. The van der Waals surface area contributed by atoms with E-state index in [-0.39, 0.29) is 0 Å². The van der Waals surface area contributed by atoms with Crippen LogP contribution in [0, 0.1) is 6.92 Å². The van der Waals surface area contributed by atoms with Crippen LogP contribution >= 0.6 is 0 Å². The van der Waals surface area contributed by atoms with Gasteiger partial charge in [-0.1, -0.05) is 23.8 Å². The summed E-state index contributed by atoms with van der Waals surface area (Å²) in [5.74, 6) is 0.871. The maximum Gasteiger partial charge on any atom is 0.155 e. The highest BCUT2D eigenvalue weighted by Crippen LogP contribution is 2.33. The van der Waals surface area contributed by atoms with Crippen molar-refractivity contribution in [2.45, 2.75) is 26.4 Å². The van der Waals surface area contributed by atoms with E-state index in [4.69, 9.17) is 14.8 Å². The van der Waals surface area contributed by atoms with E-state index in [1.54, 1.807) is 0 Å². The molecule has 3 aromatic heterocycles. The first-order valence-corrected chi connectivity index (χ1v) is 12.3. The van der Waals surface area contributed by atoms with Crippen molar-refractivity contribution in [2.75, 3.05) is 37.7 Å². The van der Waals surface area contributed by atoms with Gasteiger partial charge in [-0.3, -0.25) is 9.58 Å². The van der Waals surface area contributed by atoms with E-state index in [1.165, 1.54) is 16.8 Å². The molecule has 6 rings (SSSR count). The van der Waals surface area contributed by atoms with Gasteiger partial charge in [-0.2, -0.15) is 10.2 Å². The monoisotopic (exact) mass is 469 g/mol. The second-order valence-corrected chi connectivity index (χ2v) is 9.48. The van der Waals surface area contributed by atoms with Crippen molar-refractivity contribution >= 4 is 5.69 Å². The summed E-state index contributed by atoms with van der Waals surface area (Å²) >= 11 is 0. The molecule has 0 radical (unpaired) electrons. The Morgan fingerprint density at radius 2 is 1.86 bits per heavy atom. The molecule has 2 aliphatic heterocycles. The van der Waals surface area contributed by atoms with E-state index in [0.717, 1.165) is 80.8 Å². The molecule has 2 aliphatic rings. The number of pyridine rings is 1. The number of hydrogen-bond donors (Lipinski definition) is 0. The molecule has 1 saturated heterocycles. The lowest BCUT2D eigenvalue weighted by Gasteiger charge is -2.30. The van der Waals surface area contributed by atoms with Crippen molar-refractivity contribution in [1.29, 1.82) is 0 Å². The molecular weight excluding hydrogens is 438 g/mol. The molecule has 1 aromatic carbocycles. The standard InChI is InChI=1S/C27H31N7O/c1-20-4-3-5-21(16-20)24-8-11-34(30-24)27-17-26(33-12-14-35-15-13-33)23-18-32(19-25(23)28-27)10-7-22-6-9-31(2)29-22/h3-6,8-9,11,16-17H,7,10,12-15,18-19H2,1-2H3. The largest absolute Gasteiger partial charge is 0.378 e. The summed E-state index contributed by atoms with van der Waals surface area (Å²) in [4.78, 5) is 10.0. The fourth-order valence-corrected chi connectivity index (χ4v) is 5.03. The quantitative estimate of drug-likeness (QED) is 0.432. The van der Waals surface area contributed by atoms with Crippen LogP contribution in [-0.4, -0.2) is 62.3 Å². The van der Waals surface area contributed by atoms with Gasteiger partial charge in [0.25, 0.3) is 0 Å². The molecule has 4 aromatic rings. The molecule has 5 heterocycles. The minimum Gasteiger partial charge on any atom is -0.378 e. The summed E-state index contributed by atoms with van der Waals surface area (Å²) in [6, 6.07) is 14.8. The van der Waals surface area contributed by atoms with Gasteiger partial charge >= 0.3 is 0 Å². The molecular formula is C27H31N7O. The molecule has 0 amide bonds. The molecule has 0 N–H and O–H groups in total. The Hall–Kier alpha value is -3.49. The number of benzene rings is 1. The molecule has 8 heteroatoms. The van der Waals surface area contributed by atoms with Gasteiger partial charge in [0.2, 0.25) is 0 Å². The third kappa shape index (κ3) is 4.59. The van der Waals surface area contributed by atoms with Crippen LogP contribution in [0.5, 0.6) is 0 Å². The Morgan fingerprint density at radius 1 is 0.971 bits per heavy atom. The lowest BCUT2D eigenvalue weighted by Crippen LogP contribution is -2.37. The van der Waals surface area contributed by atoms with Gasteiger partial charge in [0, 0.05) is 81.5 Å². The number of aryl methyl sites for hydroxylation is 2. The number of morpholine rings is 1. The Labute approximate surface area is 205 Å². The van der Waals surface area contributed by atoms with Crippen LogP contribution < -0.4 is 4.90 Å². The first-order valence-electron chi connectivity index (χ1n) is 12.3. The van der Waals surface area contributed by atoms with Gasteiger partial charge in [0.1, 0.15) is 0 Å². The molecule has 0 atom stereocenters. The predicted octanol–water partition coefficient (Wildman–Crippen LogP) is 3.37. The van der Waals surface area contributed by atoms with Crippen molar-refractivity contribution in [3.63, 3.8) is 0 Å². The van der Waals surface area contributed by atoms with Crippen LogP contribution in [0.15, 0.2) is 54.9 Å². The number of fused-ring (bicyclic) bond motifs is 1. The van der Waals surface area contributed by atoms with Crippen molar-refractivity contribution in [1.82, 2.24) is 29.4 Å². The van der Waals surface area contributed by atoms with E-state index in [2.05, 4.69) is 64.3 Å². The Balaban J connectivity index is 1.30. The second-order valence-electron chi connectivity index (χ2n) is 9.48. The number of ether oxygens (including phenoxy) is 1. The molecule has 8 nitrogen and oxygen atoms in total. The zero-order chi connectivity index (χ0) is 23.8. The predicted molar refractivity (Wildman–Crippen MR) is 136 cm³/mol. The zero-order valence-corrected chi connectivity index (χ0v) is 20.4. The Kier molecular flexibility index (Phi) is 5.83. The second kappa shape index (κ2) is 9.28. The van der Waals surface area contributed by atoms with Crippen LogP contribution in [0.2, 0.25) is 0 Å². The average molecular weight is 470 g/mol. The Bertz CT molecular complexity index is 1340. The highest BCUT2D eigenvalue weighted by molar-refractivity contribution is 5.62. The minimum atomic E-state index is 0.759. The van der Waals surface area contributed by atoms with Crippen LogP contribution in [-0.2, 0) is 31.3 Å². The van der Waals surface area contributed by atoms with Crippen molar-refractivity contribution in [2.24, 2.45) is 7.05 Å². The SMILES string of the molecule is Cc1cccc(-c2ccn(-c3cc(N4CCOCC4)c4c(n3)CN(CCc3ccn(C)n3)C4)n2)c1. The van der Waals surface area contributed by atoms with Crippen LogP contribution in [0.3, 0.4) is 0 Å². The number of nitrogens with zero attached hydrogens (tertiary/aromatic N) is 7. The van der Waals surface area contributed by atoms with E-state index in [9.17, 15) is 0 Å². The van der Waals surface area contributed by atoms with Crippen molar-refractivity contribution in [3.8, 4) is 17.1 Å². The van der Waals surface area contributed by atoms with Gasteiger partial charge < -0.3 is 9.64 Å². The maximum absolute atomic E-state index is 5.63. The molecule has 0 saturated carbocycles. The number of aromatic nitrogens is 5. The summed E-state index contributed by atoms with van der Waals surface area (Å²) in [6.45, 7) is 8.15. The summed E-state index contributed by atoms with van der Waals surface area (Å²) < 4.78 is 9.42. The maximum atomic E-state index is 5.63. The van der Waals surface area contributed by atoms with E-state index >= 15 is 0 Å². The lowest BCUT2D eigenvalue weighted by atomic mass is 10.1. The van der Waals surface area contributed by atoms with Gasteiger partial charge in [-0.05, 0) is 25.1 Å². The highest BCUT2D eigenvalue weighted by atomic mass is 16.5. The van der Waals surface area contributed by atoms with Crippen LogP contribution in [0.4, 0.5) is 5.69 Å². The van der Waals surface area contributed by atoms with Gasteiger partial charge in [-0.15, -0.1) is 0 Å². The first-order chi connectivity index (χ1) is 17.1. The van der Waals surface area contributed by atoms with Crippen LogP contribution in [0.1, 0.15) is 22.5 Å². The van der Waals surface area contributed by atoms with Gasteiger partial charge in [-0.25, -0.2) is 9.67 Å². The third-order valence-electron chi connectivity index (χ3n) is 6.87. The minimum absolute atomic E-state index is 0.759. The van der Waals surface area contributed by atoms with E-state index < -0.39 is 0 Å². The molecule has 0 spiro atoms. The third-order valence-corrected chi connectivity index (χ3v) is 6.87. The van der Waals surface area contributed by atoms with Crippen LogP contribution in [0.25, 0.3) is 17.1 Å². The lowest BCUT2D eigenvalue weighted by molar-refractivity contribution is 0.122. The molecule has 180 valence electrons. The number of rotatable bonds is 6. The van der Waals surface area contributed by atoms with Crippen molar-refractivity contribution < 1.29 is 4.74 Å². The fraction of sp³-hybridized carbons (Fsp3) is 0.370. The van der Waals surface area contributed by atoms with Gasteiger partial charge in [0.15, 0.2) is 5.82 Å². The summed E-state index contributed by atoms with van der Waals surface area (Å²) in [7, 11) is 1.97. The molecule has 0 aliphatic carbocycles. The normalized spacial score (nSPS) is 16.1. The average Bonchev–Trinajstić information content (AvgIpc) is 3.62. The number of hydrogen-bond acceptors (Lipinski definition) is 6. The fourth-order valence-electron chi connectivity index (χ4n) is 5.03.